The first-order valence-corrected chi connectivity index (χ1v) is 25.1. The number of fused-ring (bicyclic) bond motifs is 2. The molecule has 1 fully saturated rings. The van der Waals surface area contributed by atoms with Crippen LogP contribution in [-0.2, 0) is 28.3 Å². The van der Waals surface area contributed by atoms with Gasteiger partial charge >= 0.3 is 31.0 Å². The van der Waals surface area contributed by atoms with Gasteiger partial charge in [-0.2, -0.15) is 0 Å². The molecule has 0 radical (unpaired) electrons. The summed E-state index contributed by atoms with van der Waals surface area (Å²) in [5, 5.41) is 6.00. The molecule has 394 valence electrons. The van der Waals surface area contributed by atoms with Crippen molar-refractivity contribution in [1.29, 1.82) is 0 Å². The smallest absolute Gasteiger partial charge is 0.465 e. The summed E-state index contributed by atoms with van der Waals surface area (Å²) in [4.78, 5) is 101. The van der Waals surface area contributed by atoms with Crippen molar-refractivity contribution in [3.63, 3.8) is 0 Å². The summed E-state index contributed by atoms with van der Waals surface area (Å²) in [5.41, 5.74) is 4.14. The van der Waals surface area contributed by atoms with Crippen molar-refractivity contribution in [3.05, 3.63) is 170 Å². The number of hydrogen-bond acceptors (Lipinski definition) is 14. The first-order valence-electron chi connectivity index (χ1n) is 24.3. The fourth-order valence-electron chi connectivity index (χ4n) is 9.65. The molecule has 3 heterocycles. The molecule has 8 aromatic rings. The van der Waals surface area contributed by atoms with Gasteiger partial charge in [0.1, 0.15) is 0 Å². The third-order valence-electron chi connectivity index (χ3n) is 14.5. The summed E-state index contributed by atoms with van der Waals surface area (Å²) in [6.07, 6.45) is 0. The van der Waals surface area contributed by atoms with Gasteiger partial charge in [-0.25, -0.2) is 19.2 Å². The van der Waals surface area contributed by atoms with Gasteiger partial charge in [0.05, 0.1) is 61.9 Å². The summed E-state index contributed by atoms with van der Waals surface area (Å²) in [6, 6.07) is 35.3. The van der Waals surface area contributed by atoms with Crippen LogP contribution in [0.3, 0.4) is 0 Å². The molecular formula is C60H50BBrN2O14. The highest BCUT2D eigenvalue weighted by Gasteiger charge is 2.52. The number of carbonyl (C=O) groups is 8. The largest absolute Gasteiger partial charge is 0.495 e. The normalized spacial score (nSPS) is 14.9. The molecule has 0 bridgehead atoms. The molecular weight excluding hydrogens is 1060 g/mol. The van der Waals surface area contributed by atoms with E-state index in [-0.39, 0.29) is 23.3 Å². The summed E-state index contributed by atoms with van der Waals surface area (Å²) in [5.74, 6) is -3.21. The third-order valence-corrected chi connectivity index (χ3v) is 15.0. The fourth-order valence-corrected chi connectivity index (χ4v) is 10.1. The Bertz CT molecular complexity index is 3930. The minimum Gasteiger partial charge on any atom is -0.465 e. The highest BCUT2D eigenvalue weighted by atomic mass is 79.9. The van der Waals surface area contributed by atoms with Crippen LogP contribution in [-0.4, -0.2) is 118 Å². The Morgan fingerprint density at radius 3 is 1.38 bits per heavy atom. The van der Waals surface area contributed by atoms with Crippen LogP contribution in [0.25, 0.3) is 54.2 Å². The second kappa shape index (κ2) is 20.8. The number of esters is 4. The minimum atomic E-state index is -0.700. The molecule has 0 atom stereocenters. The SMILES string of the molecule is CN1C(=O)c2cccc3cc(Br)cc(c23)C1=O.COC(=O)c1ccc2cc(-c3cc4c5c(cccc5c3)C(=O)N(C)C4=O)c(C(=O)OC)cc2c1.COC(=O)c1ccc2cc(B3OC(C)(C)C(C)(C)O3)c(C(=O)OC)cc2c1. The number of hydrogen-bond donors (Lipinski definition) is 0. The van der Waals surface area contributed by atoms with E-state index in [1.165, 1.54) is 42.5 Å². The number of imide groups is 2. The number of benzene rings is 8. The molecule has 0 spiro atoms. The van der Waals surface area contributed by atoms with Gasteiger partial charge in [-0.05, 0) is 155 Å². The summed E-state index contributed by atoms with van der Waals surface area (Å²) >= 11 is 3.38. The van der Waals surface area contributed by atoms with Crippen molar-refractivity contribution in [2.45, 2.75) is 38.9 Å². The Hall–Kier alpha value is -8.58. The quantitative estimate of drug-likeness (QED) is 0.0659. The molecule has 0 N–H and O–H groups in total. The Morgan fingerprint density at radius 2 is 0.885 bits per heavy atom. The standard InChI is InChI=1S/C27H19NO6.C20H23BO6.C13H8BrNO2/c1-28-24(29)19-6-4-5-15-9-18(13-22(23(15)19)25(28)30)20-11-14-7-8-16(26(31)33-2)10-17(14)12-21(20)27(32)34-3;1-19(2)20(3,4)27-21(26-19)16-11-12-7-8-13(17(22)24-5)9-14(12)10-15(16)18(23)25-6;1-15-12(16)9-4-2-3-7-5-8(14)6-10(11(7)9)13(15)17/h4-13H,1-3H3;7-11H,1-6H3;2-6H,1H3. The first-order chi connectivity index (χ1) is 37.0. The van der Waals surface area contributed by atoms with Gasteiger partial charge in [0.15, 0.2) is 0 Å². The highest BCUT2D eigenvalue weighted by Crippen LogP contribution is 2.39. The van der Waals surface area contributed by atoms with Crippen molar-refractivity contribution in [2.24, 2.45) is 0 Å². The lowest BCUT2D eigenvalue weighted by Gasteiger charge is -2.32. The average Bonchev–Trinajstić information content (AvgIpc) is 3.84. The molecule has 1 saturated heterocycles. The van der Waals surface area contributed by atoms with Crippen molar-refractivity contribution < 1.29 is 66.6 Å². The molecule has 4 amide bonds. The zero-order chi connectivity index (χ0) is 56.3. The van der Waals surface area contributed by atoms with Crippen molar-refractivity contribution in [1.82, 2.24) is 9.80 Å². The molecule has 0 aromatic heterocycles. The average molecular weight is 1110 g/mol. The molecule has 0 unspecified atom stereocenters. The zero-order valence-electron chi connectivity index (χ0n) is 44.1. The van der Waals surface area contributed by atoms with E-state index in [4.69, 9.17) is 28.3 Å². The maximum absolute atomic E-state index is 13.0. The number of rotatable bonds is 6. The van der Waals surface area contributed by atoms with Gasteiger partial charge < -0.3 is 28.3 Å². The van der Waals surface area contributed by atoms with Crippen molar-refractivity contribution in [2.75, 3.05) is 42.5 Å². The van der Waals surface area contributed by atoms with E-state index in [2.05, 4.69) is 15.9 Å². The van der Waals surface area contributed by atoms with Crippen LogP contribution in [0.1, 0.15) is 111 Å². The molecule has 3 aliphatic heterocycles. The number of halogens is 1. The minimum absolute atomic E-state index is 0.240. The number of methoxy groups -OCH3 is 4. The van der Waals surface area contributed by atoms with E-state index >= 15 is 0 Å². The second-order valence-electron chi connectivity index (χ2n) is 19.6. The summed E-state index contributed by atoms with van der Waals surface area (Å²) in [6.45, 7) is 7.81. The van der Waals surface area contributed by atoms with E-state index < -0.39 is 48.1 Å². The highest BCUT2D eigenvalue weighted by molar-refractivity contribution is 9.10. The maximum Gasteiger partial charge on any atom is 0.495 e. The Balaban J connectivity index is 0.000000150. The Labute approximate surface area is 456 Å². The van der Waals surface area contributed by atoms with E-state index in [1.54, 1.807) is 78.9 Å². The predicted molar refractivity (Wildman–Crippen MR) is 296 cm³/mol. The fraction of sp³-hybridized carbons (Fsp3) is 0.200. The molecule has 16 nitrogen and oxygen atoms in total. The molecule has 11 rings (SSSR count). The number of carbonyl (C=O) groups excluding carboxylic acids is 8. The number of nitrogens with zero attached hydrogens (tertiary/aromatic N) is 2. The topological polar surface area (TPSA) is 198 Å². The zero-order valence-corrected chi connectivity index (χ0v) is 45.7. The van der Waals surface area contributed by atoms with Crippen LogP contribution in [0.2, 0.25) is 0 Å². The Kier molecular flexibility index (Phi) is 14.4. The molecule has 8 aromatic carbocycles. The lowest BCUT2D eigenvalue weighted by Crippen LogP contribution is -2.41. The van der Waals surface area contributed by atoms with Crippen LogP contribution in [0.4, 0.5) is 0 Å². The van der Waals surface area contributed by atoms with Gasteiger partial charge in [-0.1, -0.05) is 58.4 Å². The van der Waals surface area contributed by atoms with Crippen LogP contribution in [0.15, 0.2) is 126 Å². The molecule has 18 heteroatoms. The number of amides is 4. The van der Waals surface area contributed by atoms with E-state index in [1.807, 2.05) is 70.2 Å². The van der Waals surface area contributed by atoms with E-state index in [9.17, 15) is 38.4 Å². The molecule has 0 aliphatic carbocycles. The molecule has 3 aliphatic rings. The number of ether oxygens (including phenoxy) is 4. The van der Waals surface area contributed by atoms with Crippen molar-refractivity contribution >= 4 is 119 Å². The van der Waals surface area contributed by atoms with E-state index in [0.29, 0.717) is 66.3 Å². The van der Waals surface area contributed by atoms with Gasteiger partial charge in [-0.15, -0.1) is 0 Å². The first kappa shape index (κ1) is 54.2. The molecule has 78 heavy (non-hydrogen) atoms. The van der Waals surface area contributed by atoms with Gasteiger partial charge in [0.2, 0.25) is 0 Å². The van der Waals surface area contributed by atoms with Gasteiger partial charge in [-0.3, -0.25) is 29.0 Å². The van der Waals surface area contributed by atoms with Crippen LogP contribution in [0, 0.1) is 0 Å². The predicted octanol–water partition coefficient (Wildman–Crippen LogP) is 10.00. The summed E-state index contributed by atoms with van der Waals surface area (Å²) < 4.78 is 32.6. The third kappa shape index (κ3) is 9.56. The lowest BCUT2D eigenvalue weighted by molar-refractivity contribution is 0.00578. The van der Waals surface area contributed by atoms with Gasteiger partial charge in [0, 0.05) is 51.6 Å². The Morgan fingerprint density at radius 1 is 0.449 bits per heavy atom. The van der Waals surface area contributed by atoms with E-state index in [0.717, 1.165) is 46.6 Å². The lowest BCUT2D eigenvalue weighted by atomic mass is 9.74. The second-order valence-corrected chi connectivity index (χ2v) is 20.6. The van der Waals surface area contributed by atoms with Crippen LogP contribution in [0.5, 0.6) is 0 Å². The van der Waals surface area contributed by atoms with Crippen LogP contribution < -0.4 is 5.46 Å². The monoisotopic (exact) mass is 1110 g/mol. The summed E-state index contributed by atoms with van der Waals surface area (Å²) in [7, 11) is 7.51. The van der Waals surface area contributed by atoms with Gasteiger partial charge in [0.25, 0.3) is 23.6 Å². The van der Waals surface area contributed by atoms with Crippen LogP contribution >= 0.6 is 15.9 Å². The molecule has 0 saturated carbocycles. The van der Waals surface area contributed by atoms with Crippen molar-refractivity contribution in [3.8, 4) is 11.1 Å². The maximum atomic E-state index is 13.0.